The Balaban J connectivity index is 1.85. The maximum Gasteiger partial charge on any atom is 0.240 e. The lowest BCUT2D eigenvalue weighted by molar-refractivity contribution is -0.130. The third-order valence-corrected chi connectivity index (χ3v) is 4.99. The number of carbonyl (C=O) groups is 1. The summed E-state index contributed by atoms with van der Waals surface area (Å²) in [7, 11) is -3.06. The maximum absolute atomic E-state index is 12.0. The Bertz CT molecular complexity index is 903. The number of nitrogens with zero attached hydrogens (tertiary/aromatic N) is 2. The smallest absolute Gasteiger partial charge is 0.240 e. The van der Waals surface area contributed by atoms with Crippen LogP contribution >= 0.6 is 0 Å². The summed E-state index contributed by atoms with van der Waals surface area (Å²) >= 11 is 0. The molecule has 0 aliphatic carbocycles. The second kappa shape index (κ2) is 6.80. The van der Waals surface area contributed by atoms with Crippen LogP contribution in [0.3, 0.4) is 0 Å². The Morgan fingerprint density at radius 2 is 1.76 bits per heavy atom. The van der Waals surface area contributed by atoms with Crippen LogP contribution in [0.5, 0.6) is 0 Å². The first kappa shape index (κ1) is 17.4. The fourth-order valence-electron chi connectivity index (χ4n) is 3.01. The molecule has 25 heavy (non-hydrogen) atoms. The molecule has 1 amide bonds. The van der Waals surface area contributed by atoms with Gasteiger partial charge >= 0.3 is 0 Å². The van der Waals surface area contributed by atoms with Gasteiger partial charge in [-0.15, -0.1) is 0 Å². The van der Waals surface area contributed by atoms with Gasteiger partial charge in [-0.1, -0.05) is 54.6 Å². The monoisotopic (exact) mass is 356 g/mol. The number of hydrogen-bond acceptors (Lipinski definition) is 4. The quantitative estimate of drug-likeness (QED) is 0.846. The molecule has 130 valence electrons. The Labute approximate surface area is 147 Å². The molecule has 1 heterocycles. The zero-order chi connectivity index (χ0) is 18.0. The summed E-state index contributed by atoms with van der Waals surface area (Å²) in [5.74, 6) is -0.0797. The van der Waals surface area contributed by atoms with Crippen molar-refractivity contribution < 1.29 is 13.2 Å². The molecule has 1 atom stereocenters. The summed E-state index contributed by atoms with van der Waals surface area (Å²) in [6.07, 6.45) is 1.85. The predicted octanol–water partition coefficient (Wildman–Crippen LogP) is 2.93. The van der Waals surface area contributed by atoms with Crippen molar-refractivity contribution >= 4 is 21.5 Å². The Morgan fingerprint density at radius 1 is 1.12 bits per heavy atom. The zero-order valence-electron chi connectivity index (χ0n) is 14.2. The van der Waals surface area contributed by atoms with Crippen LogP contribution in [0, 0.1) is 0 Å². The van der Waals surface area contributed by atoms with E-state index in [0.717, 1.165) is 22.4 Å². The number of hydrogen-bond donors (Lipinski definition) is 0. The lowest BCUT2D eigenvalue weighted by atomic mass is 9.98. The van der Waals surface area contributed by atoms with E-state index in [1.807, 2.05) is 42.5 Å². The highest BCUT2D eigenvalue weighted by Gasteiger charge is 2.31. The van der Waals surface area contributed by atoms with Crippen molar-refractivity contribution in [2.45, 2.75) is 25.1 Å². The van der Waals surface area contributed by atoms with Crippen molar-refractivity contribution in [2.24, 2.45) is 5.10 Å². The molecule has 0 spiro atoms. The molecule has 6 heteroatoms. The van der Waals surface area contributed by atoms with Crippen LogP contribution in [0.4, 0.5) is 0 Å². The highest BCUT2D eigenvalue weighted by atomic mass is 32.2. The van der Waals surface area contributed by atoms with Gasteiger partial charge < -0.3 is 0 Å². The number of benzene rings is 2. The molecular weight excluding hydrogens is 336 g/mol. The fourth-order valence-corrected chi connectivity index (χ4v) is 3.80. The van der Waals surface area contributed by atoms with Crippen LogP contribution in [0.15, 0.2) is 59.7 Å². The van der Waals surface area contributed by atoms with E-state index in [-0.39, 0.29) is 17.7 Å². The number of carbonyl (C=O) groups excluding carboxylic acids is 1. The minimum absolute atomic E-state index is 0.0198. The van der Waals surface area contributed by atoms with E-state index in [9.17, 15) is 13.2 Å². The van der Waals surface area contributed by atoms with Crippen LogP contribution in [0.25, 0.3) is 0 Å². The van der Waals surface area contributed by atoms with E-state index in [0.29, 0.717) is 6.42 Å². The molecular formula is C19H20N2O3S. The SMILES string of the molecule is CC(=O)N1N=C(c2ccc(CS(C)(=O)=O)cc2)CC1c1ccccc1. The van der Waals surface area contributed by atoms with Gasteiger partial charge in [-0.25, -0.2) is 13.4 Å². The van der Waals surface area contributed by atoms with Gasteiger partial charge in [-0.3, -0.25) is 4.79 Å². The van der Waals surface area contributed by atoms with E-state index >= 15 is 0 Å². The molecule has 0 radical (unpaired) electrons. The summed E-state index contributed by atoms with van der Waals surface area (Å²) in [5.41, 5.74) is 3.52. The van der Waals surface area contributed by atoms with Crippen molar-refractivity contribution in [3.8, 4) is 0 Å². The number of rotatable bonds is 4. The van der Waals surface area contributed by atoms with Gasteiger partial charge in [0, 0.05) is 19.6 Å². The van der Waals surface area contributed by atoms with Gasteiger partial charge in [0.2, 0.25) is 5.91 Å². The normalized spacial score (nSPS) is 17.4. The molecule has 0 saturated carbocycles. The molecule has 0 bridgehead atoms. The molecule has 0 aromatic heterocycles. The second-order valence-electron chi connectivity index (χ2n) is 6.31. The van der Waals surface area contributed by atoms with Gasteiger partial charge in [0.05, 0.1) is 17.5 Å². The average molecular weight is 356 g/mol. The standard InChI is InChI=1S/C19H20N2O3S/c1-14(22)21-19(17-6-4-3-5-7-17)12-18(20-21)16-10-8-15(9-11-16)13-25(2,23)24/h3-11,19H,12-13H2,1-2H3. The summed E-state index contributed by atoms with van der Waals surface area (Å²) < 4.78 is 22.8. The van der Waals surface area contributed by atoms with Gasteiger partial charge in [0.1, 0.15) is 0 Å². The molecule has 1 aliphatic heterocycles. The Morgan fingerprint density at radius 3 is 2.32 bits per heavy atom. The molecule has 1 unspecified atom stereocenters. The molecule has 0 fully saturated rings. The van der Waals surface area contributed by atoms with Crippen molar-refractivity contribution in [3.05, 3.63) is 71.3 Å². The lowest BCUT2D eigenvalue weighted by Crippen LogP contribution is -2.24. The Kier molecular flexibility index (Phi) is 4.72. The number of hydrazone groups is 1. The average Bonchev–Trinajstić information content (AvgIpc) is 3.00. The zero-order valence-corrected chi connectivity index (χ0v) is 15.0. The van der Waals surface area contributed by atoms with Gasteiger partial charge in [-0.2, -0.15) is 5.10 Å². The summed E-state index contributed by atoms with van der Waals surface area (Å²) in [5, 5.41) is 6.02. The molecule has 5 nitrogen and oxygen atoms in total. The first-order valence-electron chi connectivity index (χ1n) is 8.03. The minimum Gasteiger partial charge on any atom is -0.273 e. The van der Waals surface area contributed by atoms with Gasteiger partial charge in [0.15, 0.2) is 9.84 Å². The predicted molar refractivity (Wildman–Crippen MR) is 97.8 cm³/mol. The van der Waals surface area contributed by atoms with E-state index in [1.165, 1.54) is 18.2 Å². The van der Waals surface area contributed by atoms with Crippen LogP contribution in [0.2, 0.25) is 0 Å². The maximum atomic E-state index is 12.0. The van der Waals surface area contributed by atoms with Crippen LogP contribution in [-0.4, -0.2) is 31.3 Å². The van der Waals surface area contributed by atoms with Crippen molar-refractivity contribution in [1.29, 1.82) is 0 Å². The number of sulfone groups is 1. The molecule has 2 aromatic carbocycles. The first-order valence-corrected chi connectivity index (χ1v) is 10.1. The van der Waals surface area contributed by atoms with Crippen molar-refractivity contribution in [3.63, 3.8) is 0 Å². The van der Waals surface area contributed by atoms with Gasteiger partial charge in [0.25, 0.3) is 0 Å². The lowest BCUT2D eigenvalue weighted by Gasteiger charge is -2.20. The fraction of sp³-hybridized carbons (Fsp3) is 0.263. The highest BCUT2D eigenvalue weighted by Crippen LogP contribution is 2.32. The third kappa shape index (κ3) is 4.14. The first-order chi connectivity index (χ1) is 11.8. The number of amides is 1. The van der Waals surface area contributed by atoms with Crippen LogP contribution in [0.1, 0.15) is 36.1 Å². The summed E-state index contributed by atoms with van der Waals surface area (Å²) in [4.78, 5) is 12.0. The topological polar surface area (TPSA) is 66.8 Å². The second-order valence-corrected chi connectivity index (χ2v) is 8.45. The third-order valence-electron chi connectivity index (χ3n) is 4.13. The molecule has 0 N–H and O–H groups in total. The van der Waals surface area contributed by atoms with Crippen LogP contribution in [-0.2, 0) is 20.4 Å². The molecule has 0 saturated heterocycles. The van der Waals surface area contributed by atoms with E-state index in [1.54, 1.807) is 12.1 Å². The summed E-state index contributed by atoms with van der Waals surface area (Å²) in [6, 6.07) is 17.1. The largest absolute Gasteiger partial charge is 0.273 e. The molecule has 2 aromatic rings. The van der Waals surface area contributed by atoms with Gasteiger partial charge in [-0.05, 0) is 16.7 Å². The molecule has 1 aliphatic rings. The van der Waals surface area contributed by atoms with Crippen LogP contribution < -0.4 is 0 Å². The minimum atomic E-state index is -3.06. The molecule has 3 rings (SSSR count). The van der Waals surface area contributed by atoms with Crippen molar-refractivity contribution in [2.75, 3.05) is 6.26 Å². The Hall–Kier alpha value is -2.47. The summed E-state index contributed by atoms with van der Waals surface area (Å²) in [6.45, 7) is 1.51. The van der Waals surface area contributed by atoms with E-state index in [4.69, 9.17) is 0 Å². The van der Waals surface area contributed by atoms with Crippen molar-refractivity contribution in [1.82, 2.24) is 5.01 Å². The highest BCUT2D eigenvalue weighted by molar-refractivity contribution is 7.89. The van der Waals surface area contributed by atoms with E-state index in [2.05, 4.69) is 5.10 Å². The van der Waals surface area contributed by atoms with E-state index < -0.39 is 9.84 Å².